The number of rotatable bonds is 3. The van der Waals surface area contributed by atoms with Crippen LogP contribution in [0.2, 0.25) is 0 Å². The highest BCUT2D eigenvalue weighted by atomic mass is 16.5. The fourth-order valence-electron chi connectivity index (χ4n) is 0.908. The molecule has 0 aliphatic heterocycles. The van der Waals surface area contributed by atoms with Crippen LogP contribution in [0.15, 0.2) is 24.3 Å². The fourth-order valence-corrected chi connectivity index (χ4v) is 0.908. The molecular formula is C10H15NO2. The van der Waals surface area contributed by atoms with Crippen LogP contribution in [-0.4, -0.2) is 17.3 Å². The molecule has 1 aromatic carbocycles. The van der Waals surface area contributed by atoms with E-state index in [0.29, 0.717) is 12.3 Å². The van der Waals surface area contributed by atoms with Gasteiger partial charge in [0.25, 0.3) is 0 Å². The van der Waals surface area contributed by atoms with Crippen LogP contribution in [0, 0.1) is 0 Å². The highest BCUT2D eigenvalue weighted by Crippen LogP contribution is 2.21. The van der Waals surface area contributed by atoms with Gasteiger partial charge < -0.3 is 15.6 Å². The van der Waals surface area contributed by atoms with E-state index in [1.54, 1.807) is 24.3 Å². The zero-order valence-electron chi connectivity index (χ0n) is 7.95. The average molecular weight is 181 g/mol. The molecular weight excluding hydrogens is 166 g/mol. The summed E-state index contributed by atoms with van der Waals surface area (Å²) in [6.07, 6.45) is 0. The normalized spacial score (nSPS) is 11.3. The summed E-state index contributed by atoms with van der Waals surface area (Å²) < 4.78 is 5.55. The zero-order valence-corrected chi connectivity index (χ0v) is 7.95. The molecule has 72 valence electrons. The molecule has 1 aromatic rings. The van der Waals surface area contributed by atoms with Crippen LogP contribution in [0.4, 0.5) is 0 Å². The molecule has 13 heavy (non-hydrogen) atoms. The van der Waals surface area contributed by atoms with Gasteiger partial charge in [0.1, 0.15) is 17.1 Å². The molecule has 3 N–H and O–H groups in total. The number of hydrogen-bond donors (Lipinski definition) is 2. The van der Waals surface area contributed by atoms with Crippen LogP contribution in [0.3, 0.4) is 0 Å². The molecule has 0 aromatic heterocycles. The van der Waals surface area contributed by atoms with E-state index >= 15 is 0 Å². The van der Waals surface area contributed by atoms with E-state index in [-0.39, 0.29) is 5.75 Å². The van der Waals surface area contributed by atoms with Gasteiger partial charge in [-0.15, -0.1) is 0 Å². The van der Waals surface area contributed by atoms with Crippen molar-refractivity contribution in [2.24, 2.45) is 5.73 Å². The van der Waals surface area contributed by atoms with E-state index in [0.717, 1.165) is 0 Å². The summed E-state index contributed by atoms with van der Waals surface area (Å²) in [6.45, 7) is 4.23. The van der Waals surface area contributed by atoms with E-state index in [1.165, 1.54) is 0 Å². The molecule has 0 atom stereocenters. The fraction of sp³-hybridized carbons (Fsp3) is 0.400. The molecule has 0 saturated heterocycles. The van der Waals surface area contributed by atoms with E-state index < -0.39 is 5.60 Å². The van der Waals surface area contributed by atoms with Crippen molar-refractivity contribution in [3.8, 4) is 11.5 Å². The van der Waals surface area contributed by atoms with Crippen molar-refractivity contribution in [2.75, 3.05) is 6.54 Å². The lowest BCUT2D eigenvalue weighted by Gasteiger charge is -2.24. The van der Waals surface area contributed by atoms with Crippen molar-refractivity contribution in [3.63, 3.8) is 0 Å². The molecule has 0 saturated carbocycles. The monoisotopic (exact) mass is 181 g/mol. The largest absolute Gasteiger partial charge is 0.508 e. The maximum atomic E-state index is 9.17. The predicted octanol–water partition coefficient (Wildman–Crippen LogP) is 1.51. The van der Waals surface area contributed by atoms with E-state index in [4.69, 9.17) is 10.5 Å². The maximum absolute atomic E-state index is 9.17. The summed E-state index contributed by atoms with van der Waals surface area (Å²) in [5, 5.41) is 9.17. The Balaban J connectivity index is 2.74. The first kappa shape index (κ1) is 9.86. The quantitative estimate of drug-likeness (QED) is 0.743. The SMILES string of the molecule is CC(C)(CN)Oc1cccc(O)c1. The Kier molecular flexibility index (Phi) is 2.78. The van der Waals surface area contributed by atoms with Crippen molar-refractivity contribution in [2.45, 2.75) is 19.4 Å². The summed E-state index contributed by atoms with van der Waals surface area (Å²) in [5.74, 6) is 0.834. The van der Waals surface area contributed by atoms with Crippen LogP contribution in [0.5, 0.6) is 11.5 Å². The highest BCUT2D eigenvalue weighted by Gasteiger charge is 2.16. The molecule has 3 nitrogen and oxygen atoms in total. The van der Waals surface area contributed by atoms with Crippen molar-refractivity contribution < 1.29 is 9.84 Å². The minimum absolute atomic E-state index is 0.199. The Labute approximate surface area is 78.1 Å². The molecule has 0 aliphatic carbocycles. The topological polar surface area (TPSA) is 55.5 Å². The lowest BCUT2D eigenvalue weighted by Crippen LogP contribution is -2.37. The zero-order chi connectivity index (χ0) is 9.90. The second-order valence-electron chi connectivity index (χ2n) is 3.56. The van der Waals surface area contributed by atoms with Gasteiger partial charge in [0.15, 0.2) is 0 Å². The predicted molar refractivity (Wildman–Crippen MR) is 51.9 cm³/mol. The minimum Gasteiger partial charge on any atom is -0.508 e. The Hall–Kier alpha value is -1.22. The maximum Gasteiger partial charge on any atom is 0.123 e. The van der Waals surface area contributed by atoms with Crippen molar-refractivity contribution >= 4 is 0 Å². The van der Waals surface area contributed by atoms with Gasteiger partial charge in [0.05, 0.1) is 0 Å². The molecule has 0 heterocycles. The average Bonchev–Trinajstić information content (AvgIpc) is 2.03. The molecule has 0 bridgehead atoms. The number of phenolic OH excluding ortho intramolecular Hbond substituents is 1. The van der Waals surface area contributed by atoms with Gasteiger partial charge in [-0.1, -0.05) is 6.07 Å². The Bertz CT molecular complexity index is 284. The van der Waals surface area contributed by atoms with Gasteiger partial charge in [-0.3, -0.25) is 0 Å². The van der Waals surface area contributed by atoms with Crippen molar-refractivity contribution in [1.29, 1.82) is 0 Å². The van der Waals surface area contributed by atoms with Crippen LogP contribution in [0.25, 0.3) is 0 Å². The third kappa shape index (κ3) is 2.95. The van der Waals surface area contributed by atoms with Gasteiger partial charge in [-0.2, -0.15) is 0 Å². The van der Waals surface area contributed by atoms with Crippen molar-refractivity contribution in [1.82, 2.24) is 0 Å². The molecule has 0 amide bonds. The third-order valence-corrected chi connectivity index (χ3v) is 1.70. The second kappa shape index (κ2) is 3.66. The molecule has 0 unspecified atom stereocenters. The Morgan fingerprint density at radius 1 is 1.46 bits per heavy atom. The number of hydrogen-bond acceptors (Lipinski definition) is 3. The number of ether oxygens (including phenoxy) is 1. The molecule has 0 fully saturated rings. The summed E-state index contributed by atoms with van der Waals surface area (Å²) in [6, 6.07) is 6.69. The van der Waals surface area contributed by atoms with Gasteiger partial charge >= 0.3 is 0 Å². The number of phenols is 1. The summed E-state index contributed by atoms with van der Waals surface area (Å²) in [5.41, 5.74) is 5.11. The lowest BCUT2D eigenvalue weighted by molar-refractivity contribution is 0.118. The molecule has 1 rings (SSSR count). The molecule has 3 heteroatoms. The van der Waals surface area contributed by atoms with Gasteiger partial charge in [0.2, 0.25) is 0 Å². The number of aromatic hydroxyl groups is 1. The van der Waals surface area contributed by atoms with Gasteiger partial charge in [-0.25, -0.2) is 0 Å². The van der Waals surface area contributed by atoms with Gasteiger partial charge in [-0.05, 0) is 26.0 Å². The van der Waals surface area contributed by atoms with Crippen LogP contribution in [0.1, 0.15) is 13.8 Å². The molecule has 0 radical (unpaired) electrons. The minimum atomic E-state index is -0.395. The summed E-state index contributed by atoms with van der Waals surface area (Å²) in [4.78, 5) is 0. The number of nitrogens with two attached hydrogens (primary N) is 1. The van der Waals surface area contributed by atoms with E-state index in [2.05, 4.69) is 0 Å². The smallest absolute Gasteiger partial charge is 0.123 e. The van der Waals surface area contributed by atoms with Crippen LogP contribution >= 0.6 is 0 Å². The van der Waals surface area contributed by atoms with E-state index in [9.17, 15) is 5.11 Å². The summed E-state index contributed by atoms with van der Waals surface area (Å²) >= 11 is 0. The Morgan fingerprint density at radius 3 is 2.69 bits per heavy atom. The standard InChI is InChI=1S/C10H15NO2/c1-10(2,7-11)13-9-5-3-4-8(12)6-9/h3-6,12H,7,11H2,1-2H3. The Morgan fingerprint density at radius 2 is 2.15 bits per heavy atom. The van der Waals surface area contributed by atoms with Crippen LogP contribution in [-0.2, 0) is 0 Å². The number of benzene rings is 1. The van der Waals surface area contributed by atoms with Crippen LogP contribution < -0.4 is 10.5 Å². The second-order valence-corrected chi connectivity index (χ2v) is 3.56. The lowest BCUT2D eigenvalue weighted by atomic mass is 10.1. The molecule has 0 spiro atoms. The molecule has 0 aliphatic rings. The summed E-state index contributed by atoms with van der Waals surface area (Å²) in [7, 11) is 0. The highest BCUT2D eigenvalue weighted by molar-refractivity contribution is 5.32. The first-order valence-electron chi connectivity index (χ1n) is 4.22. The third-order valence-electron chi connectivity index (χ3n) is 1.70. The first-order valence-corrected chi connectivity index (χ1v) is 4.22. The van der Waals surface area contributed by atoms with Gasteiger partial charge in [0, 0.05) is 12.6 Å². The first-order chi connectivity index (χ1) is 6.03. The van der Waals surface area contributed by atoms with Crippen molar-refractivity contribution in [3.05, 3.63) is 24.3 Å². The van der Waals surface area contributed by atoms with E-state index in [1.807, 2.05) is 13.8 Å².